The summed E-state index contributed by atoms with van der Waals surface area (Å²) in [6.45, 7) is 10.7. The predicted molar refractivity (Wildman–Crippen MR) is 71.6 cm³/mol. The second-order valence-electron chi connectivity index (χ2n) is 5.35. The van der Waals surface area contributed by atoms with Gasteiger partial charge < -0.3 is 0 Å². The van der Waals surface area contributed by atoms with Crippen LogP contribution >= 0.6 is 0 Å². The summed E-state index contributed by atoms with van der Waals surface area (Å²) in [4.78, 5) is 11.9. The van der Waals surface area contributed by atoms with E-state index in [1.165, 1.54) is 25.7 Å². The Balaban J connectivity index is 4.44. The third kappa shape index (κ3) is 4.67. The van der Waals surface area contributed by atoms with E-state index < -0.39 is 0 Å². The Labute approximate surface area is 102 Å². The van der Waals surface area contributed by atoms with Gasteiger partial charge in [0.1, 0.15) is 5.78 Å². The summed E-state index contributed by atoms with van der Waals surface area (Å²) in [5.74, 6) is 1.17. The average Bonchev–Trinajstić information content (AvgIpc) is 2.29. The third-order valence-corrected chi connectivity index (χ3v) is 4.25. The van der Waals surface area contributed by atoms with Crippen molar-refractivity contribution in [1.29, 1.82) is 0 Å². The number of hydrogen-bond acceptors (Lipinski definition) is 1. The fourth-order valence-corrected chi connectivity index (χ4v) is 2.32. The van der Waals surface area contributed by atoms with Gasteiger partial charge in [-0.1, -0.05) is 47.0 Å². The summed E-state index contributed by atoms with van der Waals surface area (Å²) < 4.78 is 0. The minimum atomic E-state index is -0.0144. The number of unbranched alkanes of at least 4 members (excludes halogenated alkanes) is 1. The Morgan fingerprint density at radius 1 is 1.19 bits per heavy atom. The molecule has 0 aromatic carbocycles. The lowest BCUT2D eigenvalue weighted by molar-refractivity contribution is -0.127. The van der Waals surface area contributed by atoms with Crippen molar-refractivity contribution in [1.82, 2.24) is 0 Å². The highest BCUT2D eigenvalue weighted by Gasteiger charge is 2.32. The molecule has 0 fully saturated rings. The zero-order valence-electron chi connectivity index (χ0n) is 11.9. The highest BCUT2D eigenvalue weighted by Crippen LogP contribution is 2.36. The lowest BCUT2D eigenvalue weighted by Gasteiger charge is -2.31. The first-order chi connectivity index (χ1) is 7.52. The molecule has 0 aromatic heterocycles. The summed E-state index contributed by atoms with van der Waals surface area (Å²) in [5.41, 5.74) is -0.0144. The highest BCUT2D eigenvalue weighted by molar-refractivity contribution is 5.82. The molecule has 0 amide bonds. The first-order valence-electron chi connectivity index (χ1n) is 7.03. The van der Waals surface area contributed by atoms with Crippen molar-refractivity contribution in [2.75, 3.05) is 0 Å². The van der Waals surface area contributed by atoms with Crippen molar-refractivity contribution in [2.45, 2.75) is 79.6 Å². The van der Waals surface area contributed by atoms with Crippen LogP contribution in [0.25, 0.3) is 0 Å². The fraction of sp³-hybridized carbons (Fsp3) is 0.933. The van der Waals surface area contributed by atoms with Crippen molar-refractivity contribution in [3.05, 3.63) is 0 Å². The molecular formula is C15H30O. The SMILES string of the molecule is CCCCC(CC)(CCC(C)CC)C(C)=O. The van der Waals surface area contributed by atoms with Gasteiger partial charge in [-0.25, -0.2) is 0 Å². The smallest absolute Gasteiger partial charge is 0.135 e. The van der Waals surface area contributed by atoms with E-state index in [2.05, 4.69) is 27.7 Å². The topological polar surface area (TPSA) is 17.1 Å². The average molecular weight is 226 g/mol. The van der Waals surface area contributed by atoms with E-state index in [4.69, 9.17) is 0 Å². The van der Waals surface area contributed by atoms with E-state index in [9.17, 15) is 4.79 Å². The van der Waals surface area contributed by atoms with Crippen LogP contribution in [0.2, 0.25) is 0 Å². The molecule has 2 unspecified atom stereocenters. The highest BCUT2D eigenvalue weighted by atomic mass is 16.1. The molecule has 16 heavy (non-hydrogen) atoms. The molecule has 0 aliphatic carbocycles. The molecule has 1 nitrogen and oxygen atoms in total. The maximum atomic E-state index is 11.9. The lowest BCUT2D eigenvalue weighted by Crippen LogP contribution is -2.29. The quantitative estimate of drug-likeness (QED) is 0.541. The molecule has 0 aliphatic rings. The van der Waals surface area contributed by atoms with Gasteiger partial charge in [0.15, 0.2) is 0 Å². The van der Waals surface area contributed by atoms with Crippen LogP contribution in [0.5, 0.6) is 0 Å². The van der Waals surface area contributed by atoms with Crippen molar-refractivity contribution in [3.8, 4) is 0 Å². The predicted octanol–water partition coefficient (Wildman–Crippen LogP) is 4.99. The van der Waals surface area contributed by atoms with Gasteiger partial charge in [0.05, 0.1) is 0 Å². The zero-order valence-corrected chi connectivity index (χ0v) is 11.9. The summed E-state index contributed by atoms with van der Waals surface area (Å²) in [7, 11) is 0. The lowest BCUT2D eigenvalue weighted by atomic mass is 9.72. The zero-order chi connectivity index (χ0) is 12.6. The Bertz CT molecular complexity index is 198. The van der Waals surface area contributed by atoms with Crippen molar-refractivity contribution >= 4 is 5.78 Å². The van der Waals surface area contributed by atoms with E-state index >= 15 is 0 Å². The molecule has 0 N–H and O–H groups in total. The Hall–Kier alpha value is -0.330. The van der Waals surface area contributed by atoms with Crippen LogP contribution in [0, 0.1) is 11.3 Å². The van der Waals surface area contributed by atoms with E-state index in [1.807, 2.05) is 0 Å². The normalized spacial score (nSPS) is 16.8. The second kappa shape index (κ2) is 7.86. The van der Waals surface area contributed by atoms with Gasteiger partial charge in [-0.3, -0.25) is 4.79 Å². The van der Waals surface area contributed by atoms with Gasteiger partial charge in [0.25, 0.3) is 0 Å². The molecule has 0 heterocycles. The molecule has 2 atom stereocenters. The molecule has 0 saturated carbocycles. The Morgan fingerprint density at radius 3 is 2.19 bits per heavy atom. The van der Waals surface area contributed by atoms with Crippen LogP contribution in [-0.4, -0.2) is 5.78 Å². The van der Waals surface area contributed by atoms with Gasteiger partial charge in [0, 0.05) is 5.41 Å². The number of Topliss-reactive ketones (excluding diaryl/α,β-unsaturated/α-hetero) is 1. The Kier molecular flexibility index (Phi) is 7.70. The first-order valence-corrected chi connectivity index (χ1v) is 7.03. The molecule has 0 rings (SSSR count). The number of hydrogen-bond donors (Lipinski definition) is 0. The van der Waals surface area contributed by atoms with Gasteiger partial charge in [-0.05, 0) is 38.5 Å². The van der Waals surface area contributed by atoms with Crippen molar-refractivity contribution < 1.29 is 4.79 Å². The molecule has 0 radical (unpaired) electrons. The maximum Gasteiger partial charge on any atom is 0.135 e. The third-order valence-electron chi connectivity index (χ3n) is 4.25. The van der Waals surface area contributed by atoms with Crippen LogP contribution in [0.15, 0.2) is 0 Å². The molecule has 96 valence electrons. The summed E-state index contributed by atoms with van der Waals surface area (Å²) in [5, 5.41) is 0. The van der Waals surface area contributed by atoms with Crippen molar-refractivity contribution in [3.63, 3.8) is 0 Å². The van der Waals surface area contributed by atoms with Crippen molar-refractivity contribution in [2.24, 2.45) is 11.3 Å². The second-order valence-corrected chi connectivity index (χ2v) is 5.35. The molecule has 0 saturated heterocycles. The summed E-state index contributed by atoms with van der Waals surface area (Å²) >= 11 is 0. The summed E-state index contributed by atoms with van der Waals surface area (Å²) in [6, 6.07) is 0. The standard InChI is InChI=1S/C15H30O/c1-6-9-11-15(8-3,14(5)16)12-10-13(4)7-2/h13H,6-12H2,1-5H3. The van der Waals surface area contributed by atoms with Crippen LogP contribution in [0.4, 0.5) is 0 Å². The number of ketones is 1. The maximum absolute atomic E-state index is 11.9. The van der Waals surface area contributed by atoms with Crippen LogP contribution < -0.4 is 0 Å². The molecule has 0 aromatic rings. The van der Waals surface area contributed by atoms with E-state index in [0.717, 1.165) is 25.2 Å². The van der Waals surface area contributed by atoms with Crippen LogP contribution in [-0.2, 0) is 4.79 Å². The number of rotatable bonds is 9. The molecular weight excluding hydrogens is 196 g/mol. The van der Waals surface area contributed by atoms with Crippen LogP contribution in [0.1, 0.15) is 79.6 Å². The minimum absolute atomic E-state index is 0.0144. The molecule has 0 aliphatic heterocycles. The summed E-state index contributed by atoms with van der Waals surface area (Å²) in [6.07, 6.45) is 8.00. The van der Waals surface area contributed by atoms with Gasteiger partial charge in [-0.2, -0.15) is 0 Å². The number of carbonyl (C=O) groups is 1. The van der Waals surface area contributed by atoms with Crippen LogP contribution in [0.3, 0.4) is 0 Å². The largest absolute Gasteiger partial charge is 0.299 e. The van der Waals surface area contributed by atoms with E-state index in [1.54, 1.807) is 6.92 Å². The minimum Gasteiger partial charge on any atom is -0.299 e. The number of carbonyl (C=O) groups excluding carboxylic acids is 1. The first kappa shape index (κ1) is 15.7. The Morgan fingerprint density at radius 2 is 1.81 bits per heavy atom. The van der Waals surface area contributed by atoms with E-state index in [0.29, 0.717) is 5.78 Å². The monoisotopic (exact) mass is 226 g/mol. The fourth-order valence-electron chi connectivity index (χ4n) is 2.32. The van der Waals surface area contributed by atoms with Gasteiger partial charge in [0.2, 0.25) is 0 Å². The van der Waals surface area contributed by atoms with Gasteiger partial charge >= 0.3 is 0 Å². The molecule has 0 spiro atoms. The molecule has 1 heteroatoms. The van der Waals surface area contributed by atoms with E-state index in [-0.39, 0.29) is 5.41 Å². The van der Waals surface area contributed by atoms with Gasteiger partial charge in [-0.15, -0.1) is 0 Å². The molecule has 0 bridgehead atoms.